The van der Waals surface area contributed by atoms with Crippen molar-refractivity contribution in [2.75, 3.05) is 24.7 Å². The summed E-state index contributed by atoms with van der Waals surface area (Å²) in [5.41, 5.74) is 0.714. The number of hydrogen-bond acceptors (Lipinski definition) is 5. The molecular weight excluding hydrogens is 388 g/mol. The maximum Gasteiger partial charge on any atom is 0.227 e. The zero-order valence-electron chi connectivity index (χ0n) is 15.0. The number of halogens is 1. The molecule has 1 amide bonds. The van der Waals surface area contributed by atoms with Crippen LogP contribution in [0.25, 0.3) is 0 Å². The normalized spacial score (nSPS) is 14.9. The minimum absolute atomic E-state index is 0. The summed E-state index contributed by atoms with van der Waals surface area (Å²) in [6.45, 7) is 1.74. The van der Waals surface area contributed by atoms with Crippen LogP contribution in [0.15, 0.2) is 53.4 Å². The van der Waals surface area contributed by atoms with Crippen molar-refractivity contribution >= 4 is 33.8 Å². The first kappa shape index (κ1) is 21.2. The lowest BCUT2D eigenvalue weighted by atomic mass is 9.97. The number of rotatable bonds is 5. The van der Waals surface area contributed by atoms with E-state index >= 15 is 0 Å². The maximum atomic E-state index is 12.2. The van der Waals surface area contributed by atoms with Crippen molar-refractivity contribution < 1.29 is 17.9 Å². The van der Waals surface area contributed by atoms with E-state index in [4.69, 9.17) is 4.74 Å². The number of ether oxygens (including phenoxy) is 1. The summed E-state index contributed by atoms with van der Waals surface area (Å²) in [7, 11) is -3.28. The van der Waals surface area contributed by atoms with Crippen molar-refractivity contribution in [1.82, 2.24) is 5.32 Å². The SMILES string of the molecule is CS(=O)(=O)c1cccc(Oc2ccc(NC(=O)C3CCNCC3)cc2)c1.Cl. The summed E-state index contributed by atoms with van der Waals surface area (Å²) in [6.07, 6.45) is 2.86. The zero-order valence-corrected chi connectivity index (χ0v) is 16.6. The van der Waals surface area contributed by atoms with Gasteiger partial charge in [-0.2, -0.15) is 0 Å². The molecular formula is C19H23ClN2O4S. The minimum atomic E-state index is -3.28. The Kier molecular flexibility index (Phi) is 7.24. The Balaban J connectivity index is 0.00000261. The van der Waals surface area contributed by atoms with E-state index in [-0.39, 0.29) is 29.1 Å². The monoisotopic (exact) mass is 410 g/mol. The van der Waals surface area contributed by atoms with E-state index < -0.39 is 9.84 Å². The van der Waals surface area contributed by atoms with Crippen LogP contribution in [0.1, 0.15) is 12.8 Å². The first-order valence-electron chi connectivity index (χ1n) is 8.51. The number of carbonyl (C=O) groups excluding carboxylic acids is 1. The lowest BCUT2D eigenvalue weighted by molar-refractivity contribution is -0.120. The van der Waals surface area contributed by atoms with Gasteiger partial charge in [0.2, 0.25) is 5.91 Å². The molecule has 1 fully saturated rings. The molecule has 6 nitrogen and oxygen atoms in total. The second kappa shape index (κ2) is 9.21. The van der Waals surface area contributed by atoms with Crippen LogP contribution in [0.2, 0.25) is 0 Å². The van der Waals surface area contributed by atoms with Crippen LogP contribution >= 0.6 is 12.4 Å². The molecule has 0 aromatic heterocycles. The molecule has 1 saturated heterocycles. The van der Waals surface area contributed by atoms with Gasteiger partial charge < -0.3 is 15.4 Å². The van der Waals surface area contributed by atoms with Gasteiger partial charge in [0.1, 0.15) is 11.5 Å². The Morgan fingerprint density at radius 2 is 1.74 bits per heavy atom. The second-order valence-corrected chi connectivity index (χ2v) is 8.40. The second-order valence-electron chi connectivity index (χ2n) is 6.39. The number of benzene rings is 2. The number of anilines is 1. The van der Waals surface area contributed by atoms with Gasteiger partial charge in [0.25, 0.3) is 0 Å². The molecule has 146 valence electrons. The van der Waals surface area contributed by atoms with Gasteiger partial charge in [-0.25, -0.2) is 8.42 Å². The summed E-state index contributed by atoms with van der Waals surface area (Å²) in [5, 5.41) is 6.17. The Labute approximate surface area is 165 Å². The molecule has 3 rings (SSSR count). The number of nitrogens with one attached hydrogen (secondary N) is 2. The van der Waals surface area contributed by atoms with E-state index in [1.807, 2.05) is 0 Å². The highest BCUT2D eigenvalue weighted by molar-refractivity contribution is 7.90. The molecule has 0 radical (unpaired) electrons. The molecule has 2 N–H and O–H groups in total. The van der Waals surface area contributed by atoms with E-state index in [1.54, 1.807) is 36.4 Å². The van der Waals surface area contributed by atoms with Crippen LogP contribution in [-0.4, -0.2) is 33.7 Å². The van der Waals surface area contributed by atoms with Crippen LogP contribution in [0, 0.1) is 5.92 Å². The summed E-state index contributed by atoms with van der Waals surface area (Å²) >= 11 is 0. The van der Waals surface area contributed by atoms with Gasteiger partial charge in [-0.1, -0.05) is 6.07 Å². The predicted octanol–water partition coefficient (Wildman–Crippen LogP) is 3.24. The van der Waals surface area contributed by atoms with Crippen LogP contribution in [0.4, 0.5) is 5.69 Å². The molecule has 0 saturated carbocycles. The van der Waals surface area contributed by atoms with E-state index in [2.05, 4.69) is 10.6 Å². The van der Waals surface area contributed by atoms with Crippen molar-refractivity contribution in [3.63, 3.8) is 0 Å². The lowest BCUT2D eigenvalue weighted by Crippen LogP contribution is -2.34. The van der Waals surface area contributed by atoms with Crippen molar-refractivity contribution in [2.24, 2.45) is 5.92 Å². The van der Waals surface area contributed by atoms with Gasteiger partial charge in [-0.15, -0.1) is 12.4 Å². The Bertz CT molecular complexity index is 879. The van der Waals surface area contributed by atoms with Gasteiger partial charge in [0.05, 0.1) is 4.90 Å². The van der Waals surface area contributed by atoms with Crippen LogP contribution in [-0.2, 0) is 14.6 Å². The molecule has 1 heterocycles. The standard InChI is InChI=1S/C19H22N2O4S.ClH/c1-26(23,24)18-4-2-3-17(13-18)25-16-7-5-15(6-8-16)21-19(22)14-9-11-20-12-10-14;/h2-8,13-14,20H,9-12H2,1H3,(H,21,22);1H. The predicted molar refractivity (Wildman–Crippen MR) is 108 cm³/mol. The van der Waals surface area contributed by atoms with Gasteiger partial charge in [-0.3, -0.25) is 4.79 Å². The quantitative estimate of drug-likeness (QED) is 0.790. The maximum absolute atomic E-state index is 12.2. The molecule has 0 aliphatic carbocycles. The van der Waals surface area contributed by atoms with E-state index in [0.29, 0.717) is 17.2 Å². The molecule has 1 aliphatic rings. The third-order valence-electron chi connectivity index (χ3n) is 4.30. The Morgan fingerprint density at radius 1 is 1.07 bits per heavy atom. The topological polar surface area (TPSA) is 84.5 Å². The van der Waals surface area contributed by atoms with Crippen LogP contribution < -0.4 is 15.4 Å². The largest absolute Gasteiger partial charge is 0.457 e. The Morgan fingerprint density at radius 3 is 2.37 bits per heavy atom. The summed E-state index contributed by atoms with van der Waals surface area (Å²) in [6, 6.07) is 13.4. The third kappa shape index (κ3) is 5.95. The van der Waals surface area contributed by atoms with E-state index in [9.17, 15) is 13.2 Å². The molecule has 0 spiro atoms. The van der Waals surface area contributed by atoms with Crippen molar-refractivity contribution in [1.29, 1.82) is 0 Å². The Hall–Kier alpha value is -2.09. The van der Waals surface area contributed by atoms with Gasteiger partial charge in [0, 0.05) is 17.9 Å². The van der Waals surface area contributed by atoms with Crippen LogP contribution in [0.3, 0.4) is 0 Å². The van der Waals surface area contributed by atoms with Gasteiger partial charge in [-0.05, 0) is 68.4 Å². The summed E-state index contributed by atoms with van der Waals surface area (Å²) < 4.78 is 28.9. The molecule has 1 aliphatic heterocycles. The fraction of sp³-hybridized carbons (Fsp3) is 0.316. The average Bonchev–Trinajstić information content (AvgIpc) is 2.63. The highest BCUT2D eigenvalue weighted by Gasteiger charge is 2.20. The molecule has 0 bridgehead atoms. The molecule has 2 aromatic carbocycles. The van der Waals surface area contributed by atoms with Crippen molar-refractivity contribution in [2.45, 2.75) is 17.7 Å². The molecule has 0 unspecified atom stereocenters. The first-order chi connectivity index (χ1) is 12.4. The molecule has 0 atom stereocenters. The molecule has 8 heteroatoms. The summed E-state index contributed by atoms with van der Waals surface area (Å²) in [5.74, 6) is 1.10. The lowest BCUT2D eigenvalue weighted by Gasteiger charge is -2.21. The third-order valence-corrected chi connectivity index (χ3v) is 5.41. The highest BCUT2D eigenvalue weighted by atomic mass is 35.5. The number of amides is 1. The van der Waals surface area contributed by atoms with Gasteiger partial charge in [0.15, 0.2) is 9.84 Å². The number of piperidine rings is 1. The minimum Gasteiger partial charge on any atom is -0.457 e. The smallest absolute Gasteiger partial charge is 0.227 e. The summed E-state index contributed by atoms with van der Waals surface area (Å²) in [4.78, 5) is 12.5. The van der Waals surface area contributed by atoms with Crippen LogP contribution in [0.5, 0.6) is 11.5 Å². The zero-order chi connectivity index (χ0) is 18.6. The number of sulfone groups is 1. The number of hydrogen-bond donors (Lipinski definition) is 2. The number of carbonyl (C=O) groups is 1. The molecule has 27 heavy (non-hydrogen) atoms. The first-order valence-corrected chi connectivity index (χ1v) is 10.4. The molecule has 2 aromatic rings. The fourth-order valence-corrected chi connectivity index (χ4v) is 3.50. The average molecular weight is 411 g/mol. The van der Waals surface area contributed by atoms with E-state index in [1.165, 1.54) is 12.1 Å². The van der Waals surface area contributed by atoms with Crippen molar-refractivity contribution in [3.8, 4) is 11.5 Å². The fourth-order valence-electron chi connectivity index (χ4n) is 2.84. The van der Waals surface area contributed by atoms with Gasteiger partial charge >= 0.3 is 0 Å². The van der Waals surface area contributed by atoms with E-state index in [0.717, 1.165) is 32.2 Å². The van der Waals surface area contributed by atoms with Crippen molar-refractivity contribution in [3.05, 3.63) is 48.5 Å². The highest BCUT2D eigenvalue weighted by Crippen LogP contribution is 2.25.